The first kappa shape index (κ1) is 10.7. The second-order valence-electron chi connectivity index (χ2n) is 3.26. The topological polar surface area (TPSA) is 70.0 Å². The maximum atomic E-state index is 11.7. The molecule has 1 heterocycles. The number of amides is 1. The number of carbonyl (C=O) groups excluding carboxylic acids is 2. The molecule has 0 spiro atoms. The second-order valence-corrected chi connectivity index (χ2v) is 3.26. The fourth-order valence-electron chi connectivity index (χ4n) is 1.70. The molecular formula is C9H14N2O3. The molecule has 1 fully saturated rings. The summed E-state index contributed by atoms with van der Waals surface area (Å²) in [5.41, 5.74) is -0.0619. The lowest BCUT2D eigenvalue weighted by Crippen LogP contribution is -2.44. The van der Waals surface area contributed by atoms with Crippen LogP contribution in [0, 0.1) is 5.92 Å². The van der Waals surface area contributed by atoms with Gasteiger partial charge in [0.1, 0.15) is 5.71 Å². The lowest BCUT2D eigenvalue weighted by molar-refractivity contribution is -0.135. The van der Waals surface area contributed by atoms with Crippen molar-refractivity contribution in [1.82, 2.24) is 4.90 Å². The number of piperidine rings is 1. The molecule has 0 radical (unpaired) electrons. The van der Waals surface area contributed by atoms with Crippen molar-refractivity contribution >= 4 is 17.9 Å². The zero-order chi connectivity index (χ0) is 10.6. The Morgan fingerprint density at radius 2 is 2.50 bits per heavy atom. The van der Waals surface area contributed by atoms with Crippen molar-refractivity contribution in [2.24, 2.45) is 11.1 Å². The number of aldehydes is 1. The van der Waals surface area contributed by atoms with E-state index in [-0.39, 0.29) is 11.6 Å². The maximum Gasteiger partial charge on any atom is 0.231 e. The van der Waals surface area contributed by atoms with Crippen LogP contribution in [0.25, 0.3) is 0 Å². The number of oxime groups is 1. The molecule has 1 amide bonds. The first-order chi connectivity index (χ1) is 6.74. The van der Waals surface area contributed by atoms with Crippen LogP contribution < -0.4 is 0 Å². The Morgan fingerprint density at radius 1 is 1.79 bits per heavy atom. The van der Waals surface area contributed by atoms with Gasteiger partial charge in [-0.1, -0.05) is 5.16 Å². The first-order valence-electron chi connectivity index (χ1n) is 4.70. The summed E-state index contributed by atoms with van der Waals surface area (Å²) in [6.07, 6.45) is 1.88. The smallest absolute Gasteiger partial charge is 0.231 e. The quantitative estimate of drug-likeness (QED) is 0.306. The molecule has 0 bridgehead atoms. The van der Waals surface area contributed by atoms with E-state index in [1.165, 1.54) is 0 Å². The molecule has 1 aliphatic heterocycles. The average Bonchev–Trinajstić information content (AvgIpc) is 2.22. The van der Waals surface area contributed by atoms with Crippen LogP contribution in [0.2, 0.25) is 0 Å². The number of rotatable bonds is 3. The van der Waals surface area contributed by atoms with Crippen molar-refractivity contribution in [1.29, 1.82) is 0 Å². The molecule has 1 aliphatic rings. The van der Waals surface area contributed by atoms with Crippen LogP contribution in [0.4, 0.5) is 0 Å². The SMILES string of the molecule is CCN1CCCC(C(C=O)=NO)C1=O. The first-order valence-corrected chi connectivity index (χ1v) is 4.70. The van der Waals surface area contributed by atoms with Crippen molar-refractivity contribution in [3.8, 4) is 0 Å². The highest BCUT2D eigenvalue weighted by Crippen LogP contribution is 2.18. The molecule has 78 valence electrons. The third-order valence-electron chi connectivity index (χ3n) is 2.51. The van der Waals surface area contributed by atoms with E-state index in [4.69, 9.17) is 5.21 Å². The summed E-state index contributed by atoms with van der Waals surface area (Å²) in [7, 11) is 0. The van der Waals surface area contributed by atoms with Gasteiger partial charge in [-0.3, -0.25) is 9.59 Å². The van der Waals surface area contributed by atoms with Crippen molar-refractivity contribution in [2.45, 2.75) is 19.8 Å². The Hall–Kier alpha value is -1.39. The van der Waals surface area contributed by atoms with Crippen molar-refractivity contribution in [2.75, 3.05) is 13.1 Å². The predicted molar refractivity (Wildman–Crippen MR) is 50.3 cm³/mol. The van der Waals surface area contributed by atoms with Gasteiger partial charge < -0.3 is 10.1 Å². The molecule has 1 rings (SSSR count). The molecule has 1 saturated heterocycles. The van der Waals surface area contributed by atoms with Gasteiger partial charge in [0.2, 0.25) is 5.91 Å². The molecule has 0 aromatic heterocycles. The zero-order valence-electron chi connectivity index (χ0n) is 8.14. The summed E-state index contributed by atoms with van der Waals surface area (Å²) >= 11 is 0. The molecule has 0 aliphatic carbocycles. The Bertz CT molecular complexity index is 263. The van der Waals surface area contributed by atoms with E-state index >= 15 is 0 Å². The van der Waals surface area contributed by atoms with Crippen LogP contribution in [-0.4, -0.2) is 41.1 Å². The largest absolute Gasteiger partial charge is 0.411 e. The van der Waals surface area contributed by atoms with Gasteiger partial charge in [-0.05, 0) is 19.8 Å². The monoisotopic (exact) mass is 198 g/mol. The van der Waals surface area contributed by atoms with Gasteiger partial charge in [0.25, 0.3) is 0 Å². The molecular weight excluding hydrogens is 184 g/mol. The zero-order valence-corrected chi connectivity index (χ0v) is 8.14. The van der Waals surface area contributed by atoms with Crippen LogP contribution in [0.1, 0.15) is 19.8 Å². The van der Waals surface area contributed by atoms with Crippen LogP contribution in [-0.2, 0) is 9.59 Å². The molecule has 0 aromatic carbocycles. The molecule has 5 nitrogen and oxygen atoms in total. The number of carbonyl (C=O) groups is 2. The normalized spacial score (nSPS) is 23.8. The summed E-state index contributed by atoms with van der Waals surface area (Å²) in [5.74, 6) is -0.662. The minimum Gasteiger partial charge on any atom is -0.411 e. The van der Waals surface area contributed by atoms with Crippen molar-refractivity contribution in [3.63, 3.8) is 0 Å². The molecule has 14 heavy (non-hydrogen) atoms. The van der Waals surface area contributed by atoms with E-state index in [0.717, 1.165) is 13.0 Å². The summed E-state index contributed by atoms with van der Waals surface area (Å²) in [5, 5.41) is 11.4. The van der Waals surface area contributed by atoms with E-state index in [2.05, 4.69) is 5.16 Å². The number of nitrogens with zero attached hydrogens (tertiary/aromatic N) is 2. The van der Waals surface area contributed by atoms with Crippen LogP contribution >= 0.6 is 0 Å². The van der Waals surface area contributed by atoms with E-state index in [9.17, 15) is 9.59 Å². The molecule has 0 saturated carbocycles. The van der Waals surface area contributed by atoms with Gasteiger partial charge >= 0.3 is 0 Å². The fraction of sp³-hybridized carbons (Fsp3) is 0.667. The van der Waals surface area contributed by atoms with Crippen molar-refractivity contribution < 1.29 is 14.8 Å². The predicted octanol–water partition coefficient (Wildman–Crippen LogP) is 0.274. The number of hydrogen-bond acceptors (Lipinski definition) is 4. The Morgan fingerprint density at radius 3 is 3.00 bits per heavy atom. The van der Waals surface area contributed by atoms with E-state index < -0.39 is 5.92 Å². The Labute approximate surface area is 82.4 Å². The Kier molecular flexibility index (Phi) is 3.62. The molecule has 5 heteroatoms. The molecule has 1 N–H and O–H groups in total. The lowest BCUT2D eigenvalue weighted by atomic mass is 9.93. The highest BCUT2D eigenvalue weighted by molar-refractivity contribution is 6.33. The molecule has 0 aromatic rings. The highest BCUT2D eigenvalue weighted by Gasteiger charge is 2.31. The van der Waals surface area contributed by atoms with Crippen LogP contribution in [0.3, 0.4) is 0 Å². The van der Waals surface area contributed by atoms with Gasteiger partial charge in [-0.15, -0.1) is 0 Å². The third kappa shape index (κ3) is 1.92. The van der Waals surface area contributed by atoms with Crippen molar-refractivity contribution in [3.05, 3.63) is 0 Å². The fourth-order valence-corrected chi connectivity index (χ4v) is 1.70. The van der Waals surface area contributed by atoms with Crippen LogP contribution in [0.5, 0.6) is 0 Å². The summed E-state index contributed by atoms with van der Waals surface area (Å²) in [4.78, 5) is 23.9. The van der Waals surface area contributed by atoms with E-state index in [1.54, 1.807) is 4.90 Å². The summed E-state index contributed by atoms with van der Waals surface area (Å²) in [6.45, 7) is 3.24. The van der Waals surface area contributed by atoms with Crippen LogP contribution in [0.15, 0.2) is 5.16 Å². The number of likely N-dealkylation sites (tertiary alicyclic amines) is 1. The van der Waals surface area contributed by atoms with Gasteiger partial charge in [0.05, 0.1) is 5.92 Å². The molecule has 1 atom stereocenters. The highest BCUT2D eigenvalue weighted by atomic mass is 16.4. The van der Waals surface area contributed by atoms with E-state index in [0.29, 0.717) is 19.3 Å². The summed E-state index contributed by atoms with van der Waals surface area (Å²) < 4.78 is 0. The minimum atomic E-state index is -0.550. The standard InChI is InChI=1S/C9H14N2O3/c1-2-11-5-3-4-7(9(11)13)8(6-12)10-14/h6-7,14H,2-5H2,1H3. The van der Waals surface area contributed by atoms with E-state index in [1.807, 2.05) is 6.92 Å². The maximum absolute atomic E-state index is 11.7. The van der Waals surface area contributed by atoms with Gasteiger partial charge in [-0.25, -0.2) is 0 Å². The second kappa shape index (κ2) is 4.74. The lowest BCUT2D eigenvalue weighted by Gasteiger charge is -2.30. The summed E-state index contributed by atoms with van der Waals surface area (Å²) in [6, 6.07) is 0. The third-order valence-corrected chi connectivity index (χ3v) is 2.51. The number of hydrogen-bond donors (Lipinski definition) is 1. The molecule has 1 unspecified atom stereocenters. The Balaban J connectivity index is 2.78. The van der Waals surface area contributed by atoms with Gasteiger partial charge in [0.15, 0.2) is 6.29 Å². The minimum absolute atomic E-state index is 0.0619. The van der Waals surface area contributed by atoms with Gasteiger partial charge in [0, 0.05) is 13.1 Å². The average molecular weight is 198 g/mol. The van der Waals surface area contributed by atoms with Gasteiger partial charge in [-0.2, -0.15) is 0 Å².